The number of Topliss-reactive ketones (excluding diaryl/α,β-unsaturated/α-hetero) is 1. The molecule has 0 aliphatic carbocycles. The van der Waals surface area contributed by atoms with Crippen LogP contribution in [0.2, 0.25) is 43.8 Å². The SMILES string of the molecule is CC(=O)C1CCN(c2nc(CCCO[Si](C)(C)C(C)(C)C)cn(COCC[Si](C)(C)C)c2=O)CC1. The number of carbonyl (C=O) groups is 1. The topological polar surface area (TPSA) is 73.7 Å². The Bertz CT molecular complexity index is 895. The van der Waals surface area contributed by atoms with Crippen LogP contribution in [0.5, 0.6) is 0 Å². The average molecular weight is 524 g/mol. The summed E-state index contributed by atoms with van der Waals surface area (Å²) in [7, 11) is -2.98. The van der Waals surface area contributed by atoms with Gasteiger partial charge in [0, 0.05) is 46.5 Å². The Morgan fingerprint density at radius 1 is 1.11 bits per heavy atom. The molecule has 7 nitrogen and oxygen atoms in total. The van der Waals surface area contributed by atoms with Gasteiger partial charge < -0.3 is 14.1 Å². The number of rotatable bonds is 12. The molecule has 0 amide bonds. The largest absolute Gasteiger partial charge is 0.417 e. The molecule has 1 aromatic rings. The van der Waals surface area contributed by atoms with E-state index in [9.17, 15) is 9.59 Å². The summed E-state index contributed by atoms with van der Waals surface area (Å²) in [6, 6.07) is 1.07. The van der Waals surface area contributed by atoms with Gasteiger partial charge in [-0.25, -0.2) is 4.98 Å². The van der Waals surface area contributed by atoms with Crippen molar-refractivity contribution in [2.75, 3.05) is 31.2 Å². The van der Waals surface area contributed by atoms with E-state index in [2.05, 4.69) is 58.4 Å². The van der Waals surface area contributed by atoms with Crippen LogP contribution in [0.3, 0.4) is 0 Å². The quantitative estimate of drug-likeness (QED) is 0.273. The summed E-state index contributed by atoms with van der Waals surface area (Å²) in [5.74, 6) is 0.818. The monoisotopic (exact) mass is 523 g/mol. The lowest BCUT2D eigenvalue weighted by Gasteiger charge is -2.36. The van der Waals surface area contributed by atoms with Crippen molar-refractivity contribution in [2.24, 2.45) is 5.92 Å². The molecule has 1 aromatic heterocycles. The minimum absolute atomic E-state index is 0.0917. The lowest BCUT2D eigenvalue weighted by Crippen LogP contribution is -2.41. The van der Waals surface area contributed by atoms with E-state index in [4.69, 9.17) is 14.1 Å². The first-order valence-electron chi connectivity index (χ1n) is 13.2. The highest BCUT2D eigenvalue weighted by Gasteiger charge is 2.36. The third kappa shape index (κ3) is 9.26. The lowest BCUT2D eigenvalue weighted by molar-refractivity contribution is -0.121. The lowest BCUT2D eigenvalue weighted by atomic mass is 9.93. The number of carbonyl (C=O) groups excluding carboxylic acids is 1. The van der Waals surface area contributed by atoms with E-state index in [0.29, 0.717) is 32.1 Å². The first kappa shape index (κ1) is 29.9. The Morgan fingerprint density at radius 3 is 2.29 bits per heavy atom. The smallest absolute Gasteiger partial charge is 0.295 e. The second-order valence-electron chi connectivity index (χ2n) is 12.8. The maximum Gasteiger partial charge on any atom is 0.295 e. The number of hydrogen-bond acceptors (Lipinski definition) is 6. The molecule has 0 bridgehead atoms. The number of nitrogens with zero attached hydrogens (tertiary/aromatic N) is 3. The van der Waals surface area contributed by atoms with Crippen molar-refractivity contribution >= 4 is 28.0 Å². The molecule has 0 N–H and O–H groups in total. The average Bonchev–Trinajstić information content (AvgIpc) is 2.74. The van der Waals surface area contributed by atoms with Gasteiger partial charge in [0.05, 0.1) is 5.69 Å². The molecule has 0 radical (unpaired) electrons. The number of ether oxygens (including phenoxy) is 1. The van der Waals surface area contributed by atoms with Crippen LogP contribution in [-0.4, -0.2) is 58.0 Å². The highest BCUT2D eigenvalue weighted by atomic mass is 28.4. The number of aromatic nitrogens is 2. The molecule has 0 spiro atoms. The highest BCUT2D eigenvalue weighted by Crippen LogP contribution is 2.36. The molecular formula is C26H49N3O4Si2. The molecule has 0 unspecified atom stereocenters. The van der Waals surface area contributed by atoms with E-state index in [1.165, 1.54) is 0 Å². The molecule has 2 heterocycles. The van der Waals surface area contributed by atoms with Crippen LogP contribution < -0.4 is 10.5 Å². The molecule has 200 valence electrons. The second-order valence-corrected chi connectivity index (χ2v) is 23.2. The summed E-state index contributed by atoms with van der Waals surface area (Å²) >= 11 is 0. The van der Waals surface area contributed by atoms with Crippen LogP contribution in [0.25, 0.3) is 0 Å². The summed E-state index contributed by atoms with van der Waals surface area (Å²) < 4.78 is 13.9. The maximum atomic E-state index is 13.3. The van der Waals surface area contributed by atoms with Gasteiger partial charge in [0.1, 0.15) is 12.5 Å². The molecule has 9 heteroatoms. The normalized spacial score (nSPS) is 16.1. The molecule has 0 atom stereocenters. The van der Waals surface area contributed by atoms with Gasteiger partial charge in [-0.3, -0.25) is 14.2 Å². The Hall–Kier alpha value is -1.30. The fourth-order valence-corrected chi connectivity index (χ4v) is 5.68. The van der Waals surface area contributed by atoms with Crippen molar-refractivity contribution in [1.82, 2.24) is 9.55 Å². The fourth-order valence-electron chi connectivity index (χ4n) is 3.84. The molecular weight excluding hydrogens is 474 g/mol. The van der Waals surface area contributed by atoms with Gasteiger partial charge in [0.15, 0.2) is 14.1 Å². The van der Waals surface area contributed by atoms with Crippen LogP contribution in [0.4, 0.5) is 5.82 Å². The maximum absolute atomic E-state index is 13.3. The van der Waals surface area contributed by atoms with Crippen LogP contribution in [-0.2, 0) is 27.1 Å². The Kier molecular flexibility index (Phi) is 10.5. The Labute approximate surface area is 214 Å². The van der Waals surface area contributed by atoms with Crippen LogP contribution >= 0.6 is 0 Å². The molecule has 35 heavy (non-hydrogen) atoms. The number of hydrogen-bond donors (Lipinski definition) is 0. The van der Waals surface area contributed by atoms with Crippen LogP contribution in [0, 0.1) is 5.92 Å². The molecule has 0 aromatic carbocycles. The Balaban J connectivity index is 2.13. The molecule has 0 saturated carbocycles. The van der Waals surface area contributed by atoms with Crippen molar-refractivity contribution in [3.63, 3.8) is 0 Å². The number of ketones is 1. The number of aryl methyl sites for hydroxylation is 1. The van der Waals surface area contributed by atoms with Crippen LogP contribution in [0.15, 0.2) is 11.0 Å². The summed E-state index contributed by atoms with van der Waals surface area (Å²) in [6.07, 6.45) is 5.01. The van der Waals surface area contributed by atoms with Gasteiger partial charge >= 0.3 is 0 Å². The summed E-state index contributed by atoms with van der Waals surface area (Å²) in [4.78, 5) is 31.9. The fraction of sp³-hybridized carbons (Fsp3) is 0.808. The van der Waals surface area contributed by atoms with E-state index in [0.717, 1.165) is 37.4 Å². The summed E-state index contributed by atoms with van der Waals surface area (Å²) in [5, 5.41) is 0.185. The van der Waals surface area contributed by atoms with E-state index >= 15 is 0 Å². The first-order valence-corrected chi connectivity index (χ1v) is 19.8. The molecule has 1 fully saturated rings. The summed E-state index contributed by atoms with van der Waals surface area (Å²) in [6.45, 7) is 22.9. The van der Waals surface area contributed by atoms with Gasteiger partial charge in [-0.1, -0.05) is 40.4 Å². The predicted molar refractivity (Wildman–Crippen MR) is 150 cm³/mol. The van der Waals surface area contributed by atoms with Crippen molar-refractivity contribution in [3.8, 4) is 0 Å². The standard InChI is InChI=1S/C26H49N3O4Si2/c1-21(30)22-12-14-28(15-13-22)24-25(31)29(20-32-17-18-34(5,6)7)19-23(27-24)11-10-16-33-35(8,9)26(2,3)4/h19,22H,10-18,20H2,1-9H3. The van der Waals surface area contributed by atoms with Gasteiger partial charge in [-0.2, -0.15) is 0 Å². The van der Waals surface area contributed by atoms with E-state index in [1.807, 2.05) is 6.20 Å². The zero-order valence-electron chi connectivity index (χ0n) is 23.7. The van der Waals surface area contributed by atoms with Crippen molar-refractivity contribution < 1.29 is 14.0 Å². The van der Waals surface area contributed by atoms with Crippen LogP contribution in [0.1, 0.15) is 52.7 Å². The molecule has 2 rings (SSSR count). The molecule has 1 saturated heterocycles. The van der Waals surface area contributed by atoms with E-state index < -0.39 is 16.4 Å². The second kappa shape index (κ2) is 12.3. The minimum Gasteiger partial charge on any atom is -0.417 e. The zero-order chi connectivity index (χ0) is 26.4. The van der Waals surface area contributed by atoms with Crippen molar-refractivity contribution in [1.29, 1.82) is 0 Å². The van der Waals surface area contributed by atoms with Crippen molar-refractivity contribution in [3.05, 3.63) is 22.2 Å². The van der Waals surface area contributed by atoms with Gasteiger partial charge in [0.2, 0.25) is 0 Å². The highest BCUT2D eigenvalue weighted by molar-refractivity contribution is 6.76. The van der Waals surface area contributed by atoms with E-state index in [1.54, 1.807) is 11.5 Å². The molecule has 1 aliphatic heterocycles. The summed E-state index contributed by atoms with van der Waals surface area (Å²) in [5.41, 5.74) is 0.779. The third-order valence-electron chi connectivity index (χ3n) is 7.45. The van der Waals surface area contributed by atoms with E-state index in [-0.39, 0.29) is 29.0 Å². The van der Waals surface area contributed by atoms with Gasteiger partial charge in [-0.05, 0) is 56.8 Å². The third-order valence-corrected chi connectivity index (χ3v) is 13.7. The predicted octanol–water partition coefficient (Wildman–Crippen LogP) is 5.32. The minimum atomic E-state index is -1.78. The van der Waals surface area contributed by atoms with Crippen molar-refractivity contribution in [2.45, 2.75) is 104 Å². The zero-order valence-corrected chi connectivity index (χ0v) is 25.7. The van der Waals surface area contributed by atoms with Gasteiger partial charge in [0.25, 0.3) is 5.56 Å². The Morgan fingerprint density at radius 2 is 1.74 bits per heavy atom. The number of piperidine rings is 1. The number of anilines is 1. The first-order chi connectivity index (χ1) is 16.1. The van der Waals surface area contributed by atoms with Gasteiger partial charge in [-0.15, -0.1) is 0 Å². The molecule has 1 aliphatic rings.